The monoisotopic (exact) mass is 586 g/mol. The molecule has 4 aliphatic carbocycles. The molecule has 1 N–H and O–H groups in total. The quantitative estimate of drug-likeness (QED) is 0.177. The standard InChI is InChI=1S/C32H39FO9/c1-6-12-40-28(38)27(29(39)41-13-7-2)24-15-20(35)14-19-8-9-22-21-10-11-23(25(36)17-42-18(3)34)30(21,4)16-26(37)32(22,33)31(19,24)5/h6-7,14-15,21-23,26-27,37H,1-2,8-13,16-17H2,3-5H3/t21-,22-,23+,26?,30-,31+,32-/m0/s1. The smallest absolute Gasteiger partial charge is 0.324 e. The molecular formula is C32H39FO9. The van der Waals surface area contributed by atoms with Crippen LogP contribution in [0.3, 0.4) is 0 Å². The Morgan fingerprint density at radius 3 is 2.21 bits per heavy atom. The van der Waals surface area contributed by atoms with Gasteiger partial charge >= 0.3 is 17.9 Å². The first-order chi connectivity index (χ1) is 19.8. The molecule has 9 nitrogen and oxygen atoms in total. The summed E-state index contributed by atoms with van der Waals surface area (Å²) < 4.78 is 33.5. The zero-order chi connectivity index (χ0) is 31.0. The number of carbonyl (C=O) groups is 5. The molecule has 3 fully saturated rings. The van der Waals surface area contributed by atoms with Crippen molar-refractivity contribution in [3.05, 3.63) is 48.6 Å². The van der Waals surface area contributed by atoms with Crippen LogP contribution in [-0.4, -0.2) is 66.2 Å². The number of ketones is 2. The lowest BCUT2D eigenvalue weighted by Gasteiger charge is -2.63. The minimum Gasteiger partial charge on any atom is -0.461 e. The number of alkyl halides is 1. The Morgan fingerprint density at radius 1 is 1.02 bits per heavy atom. The fraction of sp³-hybridized carbons (Fsp3) is 0.594. The number of Topliss-reactive ketones (excluding diaryl/α,β-unsaturated/α-hetero) is 1. The van der Waals surface area contributed by atoms with Gasteiger partial charge in [-0.25, -0.2) is 4.39 Å². The third-order valence-corrected chi connectivity index (χ3v) is 10.2. The number of allylic oxidation sites excluding steroid dienone is 3. The van der Waals surface area contributed by atoms with Gasteiger partial charge in [0.05, 0.1) is 6.10 Å². The molecule has 0 bridgehead atoms. The number of hydrogen-bond donors (Lipinski definition) is 1. The van der Waals surface area contributed by atoms with Crippen LogP contribution in [0.2, 0.25) is 0 Å². The summed E-state index contributed by atoms with van der Waals surface area (Å²) in [5.41, 5.74) is -4.63. The van der Waals surface area contributed by atoms with E-state index in [2.05, 4.69) is 13.2 Å². The van der Waals surface area contributed by atoms with E-state index >= 15 is 4.39 Å². The molecule has 0 aliphatic heterocycles. The average Bonchev–Trinajstić information content (AvgIpc) is 3.27. The highest BCUT2D eigenvalue weighted by Crippen LogP contribution is 2.70. The van der Waals surface area contributed by atoms with E-state index in [0.29, 0.717) is 24.8 Å². The number of rotatable bonds is 10. The maximum Gasteiger partial charge on any atom is 0.324 e. The minimum absolute atomic E-state index is 0.0717. The van der Waals surface area contributed by atoms with Gasteiger partial charge < -0.3 is 19.3 Å². The zero-order valence-corrected chi connectivity index (χ0v) is 24.4. The number of hydrogen-bond acceptors (Lipinski definition) is 9. The Bertz CT molecular complexity index is 1240. The zero-order valence-electron chi connectivity index (χ0n) is 24.4. The lowest BCUT2D eigenvalue weighted by molar-refractivity contribution is -0.201. The van der Waals surface area contributed by atoms with Crippen molar-refractivity contribution in [3.63, 3.8) is 0 Å². The van der Waals surface area contributed by atoms with E-state index in [0.717, 1.165) is 6.08 Å². The Balaban J connectivity index is 1.79. The lowest BCUT2D eigenvalue weighted by Crippen LogP contribution is -2.68. The maximum atomic E-state index is 18.2. The van der Waals surface area contributed by atoms with E-state index in [1.54, 1.807) is 0 Å². The van der Waals surface area contributed by atoms with Gasteiger partial charge in [0.25, 0.3) is 0 Å². The summed E-state index contributed by atoms with van der Waals surface area (Å²) >= 11 is 0. The van der Waals surface area contributed by atoms with Crippen molar-refractivity contribution in [2.45, 2.75) is 64.6 Å². The molecule has 0 aromatic rings. The number of fused-ring (bicyclic) bond motifs is 5. The summed E-state index contributed by atoms with van der Waals surface area (Å²) in [6.45, 7) is 10.8. The van der Waals surface area contributed by atoms with Crippen molar-refractivity contribution in [2.75, 3.05) is 19.8 Å². The predicted octanol–water partition coefficient (Wildman–Crippen LogP) is 3.55. The van der Waals surface area contributed by atoms with Gasteiger partial charge in [-0.15, -0.1) is 0 Å². The van der Waals surface area contributed by atoms with Gasteiger partial charge in [-0.3, -0.25) is 24.0 Å². The molecule has 0 radical (unpaired) electrons. The van der Waals surface area contributed by atoms with Gasteiger partial charge in [0.2, 0.25) is 0 Å². The van der Waals surface area contributed by atoms with E-state index < -0.39 is 64.0 Å². The molecule has 228 valence electrons. The largest absolute Gasteiger partial charge is 0.461 e. The summed E-state index contributed by atoms with van der Waals surface area (Å²) in [5, 5.41) is 11.8. The van der Waals surface area contributed by atoms with E-state index in [-0.39, 0.29) is 49.9 Å². The molecule has 0 heterocycles. The van der Waals surface area contributed by atoms with Crippen molar-refractivity contribution in [1.29, 1.82) is 0 Å². The van der Waals surface area contributed by atoms with Crippen LogP contribution < -0.4 is 0 Å². The second kappa shape index (κ2) is 11.7. The van der Waals surface area contributed by atoms with Gasteiger partial charge in [-0.2, -0.15) is 0 Å². The molecular weight excluding hydrogens is 547 g/mol. The van der Waals surface area contributed by atoms with Crippen LogP contribution in [0, 0.1) is 34.5 Å². The van der Waals surface area contributed by atoms with Crippen LogP contribution in [-0.2, 0) is 38.2 Å². The van der Waals surface area contributed by atoms with Gasteiger partial charge in [0, 0.05) is 24.2 Å². The van der Waals surface area contributed by atoms with Crippen molar-refractivity contribution in [3.8, 4) is 0 Å². The summed E-state index contributed by atoms with van der Waals surface area (Å²) in [4.78, 5) is 64.0. The molecule has 0 spiro atoms. The molecule has 42 heavy (non-hydrogen) atoms. The molecule has 7 atom stereocenters. The SMILES string of the molecule is C=CCOC(=O)C(C(=O)OCC=C)C1=CC(=O)C=C2CC[C@H]3[C@@H]4CC[C@H](C(=O)COC(C)=O)[C@@]4(C)CC(O)[C@]3(F)[C@]21C. The number of aliphatic hydroxyl groups excluding tert-OH is 1. The Hall–Kier alpha value is -3.40. The molecule has 0 saturated heterocycles. The van der Waals surface area contributed by atoms with Gasteiger partial charge in [0.15, 0.2) is 23.2 Å². The summed E-state index contributed by atoms with van der Waals surface area (Å²) in [7, 11) is 0. The van der Waals surface area contributed by atoms with Crippen LogP contribution in [0.5, 0.6) is 0 Å². The number of carbonyl (C=O) groups excluding carboxylic acids is 5. The third kappa shape index (κ3) is 4.87. The van der Waals surface area contributed by atoms with Crippen LogP contribution in [0.15, 0.2) is 48.6 Å². The number of halogens is 1. The van der Waals surface area contributed by atoms with E-state index in [4.69, 9.17) is 14.2 Å². The maximum absolute atomic E-state index is 18.2. The van der Waals surface area contributed by atoms with E-state index in [1.165, 1.54) is 32.1 Å². The lowest BCUT2D eigenvalue weighted by atomic mass is 9.43. The first-order valence-electron chi connectivity index (χ1n) is 14.3. The molecule has 3 saturated carbocycles. The van der Waals surface area contributed by atoms with E-state index in [9.17, 15) is 29.1 Å². The molecule has 0 amide bonds. The minimum atomic E-state index is -2.39. The van der Waals surface area contributed by atoms with E-state index in [1.807, 2.05) is 6.92 Å². The number of aliphatic hydroxyl groups is 1. The molecule has 10 heteroatoms. The van der Waals surface area contributed by atoms with Gasteiger partial charge in [-0.05, 0) is 68.1 Å². The average molecular weight is 587 g/mol. The fourth-order valence-corrected chi connectivity index (χ4v) is 8.35. The normalized spacial score (nSPS) is 35.0. The molecule has 1 unspecified atom stereocenters. The van der Waals surface area contributed by atoms with Crippen LogP contribution in [0.1, 0.15) is 52.9 Å². The summed E-state index contributed by atoms with van der Waals surface area (Å²) in [6.07, 6.45) is 4.91. The van der Waals surface area contributed by atoms with Gasteiger partial charge in [-0.1, -0.05) is 37.8 Å². The Labute approximate surface area is 244 Å². The second-order valence-electron chi connectivity index (χ2n) is 12.2. The first kappa shape index (κ1) is 31.5. The van der Waals surface area contributed by atoms with Crippen LogP contribution in [0.25, 0.3) is 0 Å². The Morgan fingerprint density at radius 2 is 1.64 bits per heavy atom. The molecule has 0 aromatic carbocycles. The highest BCUT2D eigenvalue weighted by Gasteiger charge is 2.73. The second-order valence-corrected chi connectivity index (χ2v) is 12.2. The predicted molar refractivity (Wildman–Crippen MR) is 148 cm³/mol. The third-order valence-electron chi connectivity index (χ3n) is 10.2. The highest BCUT2D eigenvalue weighted by molar-refractivity contribution is 6.06. The highest BCUT2D eigenvalue weighted by atomic mass is 19.1. The molecule has 4 rings (SSSR count). The molecule has 0 aromatic heterocycles. The van der Waals surface area contributed by atoms with Crippen molar-refractivity contribution >= 4 is 29.5 Å². The topological polar surface area (TPSA) is 133 Å². The van der Waals surface area contributed by atoms with Crippen LogP contribution in [0.4, 0.5) is 4.39 Å². The fourth-order valence-electron chi connectivity index (χ4n) is 8.35. The van der Waals surface area contributed by atoms with Crippen molar-refractivity contribution < 1.29 is 47.7 Å². The van der Waals surface area contributed by atoms with Crippen molar-refractivity contribution in [1.82, 2.24) is 0 Å². The van der Waals surface area contributed by atoms with Gasteiger partial charge in [0.1, 0.15) is 19.8 Å². The first-order valence-corrected chi connectivity index (χ1v) is 14.3. The molecule has 4 aliphatic rings. The Kier molecular flexibility index (Phi) is 8.79. The number of esters is 3. The number of ether oxygens (including phenoxy) is 3. The summed E-state index contributed by atoms with van der Waals surface area (Å²) in [6, 6.07) is 0. The summed E-state index contributed by atoms with van der Waals surface area (Å²) in [5.74, 6) is -6.79. The van der Waals surface area contributed by atoms with Crippen LogP contribution >= 0.6 is 0 Å². The van der Waals surface area contributed by atoms with Crippen molar-refractivity contribution in [2.24, 2.45) is 34.5 Å².